The van der Waals surface area contributed by atoms with Crippen LogP contribution >= 0.6 is 0 Å². The number of anilines is 1. The van der Waals surface area contributed by atoms with E-state index in [9.17, 15) is 9.59 Å². The second kappa shape index (κ2) is 7.56. The molecule has 0 aliphatic rings. The molecule has 0 aliphatic heterocycles. The molecule has 120 valence electrons. The third-order valence-electron chi connectivity index (χ3n) is 3.47. The highest BCUT2D eigenvalue weighted by Gasteiger charge is 2.12. The first kappa shape index (κ1) is 16.7. The highest BCUT2D eigenvalue weighted by molar-refractivity contribution is 6.09. The van der Waals surface area contributed by atoms with Crippen LogP contribution < -0.4 is 5.48 Å². The van der Waals surface area contributed by atoms with Crippen molar-refractivity contribution in [1.29, 1.82) is 0 Å². The van der Waals surface area contributed by atoms with Crippen LogP contribution in [0.5, 0.6) is 0 Å². The largest absolute Gasteiger partial charge is 0.479 e. The first-order valence-corrected chi connectivity index (χ1v) is 7.39. The van der Waals surface area contributed by atoms with Crippen LogP contribution in [0.3, 0.4) is 0 Å². The summed E-state index contributed by atoms with van der Waals surface area (Å²) in [6.45, 7) is 3.49. The van der Waals surface area contributed by atoms with E-state index in [4.69, 9.17) is 9.94 Å². The number of carboxylic acids is 1. The Bertz CT molecular complexity index is 677. The van der Waals surface area contributed by atoms with Crippen LogP contribution in [0.2, 0.25) is 0 Å². The lowest BCUT2D eigenvalue weighted by Gasteiger charge is -2.10. The Balaban J connectivity index is 2.03. The van der Waals surface area contributed by atoms with E-state index in [0.717, 1.165) is 6.42 Å². The topological polar surface area (TPSA) is 75.6 Å². The molecule has 5 heteroatoms. The zero-order valence-electron chi connectivity index (χ0n) is 13.1. The van der Waals surface area contributed by atoms with Crippen LogP contribution in [0.1, 0.15) is 35.3 Å². The van der Waals surface area contributed by atoms with Crippen molar-refractivity contribution in [3.05, 3.63) is 65.2 Å². The van der Waals surface area contributed by atoms with Gasteiger partial charge in [-0.3, -0.25) is 15.1 Å². The molecule has 0 spiro atoms. The number of hydrogen-bond donors (Lipinski definition) is 2. The summed E-state index contributed by atoms with van der Waals surface area (Å²) in [6.07, 6.45) is -0.0303. The Morgan fingerprint density at radius 1 is 1.04 bits per heavy atom. The van der Waals surface area contributed by atoms with E-state index < -0.39 is 12.1 Å². The predicted molar refractivity (Wildman–Crippen MR) is 87.5 cm³/mol. The van der Waals surface area contributed by atoms with Crippen molar-refractivity contribution in [1.82, 2.24) is 0 Å². The van der Waals surface area contributed by atoms with Crippen molar-refractivity contribution >= 4 is 17.4 Å². The van der Waals surface area contributed by atoms with Gasteiger partial charge in [0, 0.05) is 11.1 Å². The fourth-order valence-electron chi connectivity index (χ4n) is 1.95. The van der Waals surface area contributed by atoms with Crippen LogP contribution in [-0.4, -0.2) is 23.0 Å². The Labute approximate surface area is 134 Å². The number of hydrogen-bond acceptors (Lipinski definition) is 4. The van der Waals surface area contributed by atoms with E-state index in [2.05, 4.69) is 12.4 Å². The van der Waals surface area contributed by atoms with Crippen molar-refractivity contribution in [2.24, 2.45) is 0 Å². The Kier molecular flexibility index (Phi) is 5.49. The van der Waals surface area contributed by atoms with Gasteiger partial charge < -0.3 is 5.11 Å². The predicted octanol–water partition coefficient (Wildman–Crippen LogP) is 3.30. The molecule has 2 aromatic carbocycles. The Morgan fingerprint density at radius 3 is 2.04 bits per heavy atom. The molecule has 2 aromatic rings. The standard InChI is InChI=1S/C18H19NO4/c1-3-13-4-6-14(7-5-13)17(20)15-8-10-16(11-9-15)19-23-12(2)18(21)22/h4-12,19H,3H2,1-2H3,(H,21,22). The first-order valence-electron chi connectivity index (χ1n) is 7.39. The van der Waals surface area contributed by atoms with Crippen molar-refractivity contribution in [3.63, 3.8) is 0 Å². The quantitative estimate of drug-likeness (QED) is 0.606. The van der Waals surface area contributed by atoms with Gasteiger partial charge in [0.2, 0.25) is 0 Å². The number of ketones is 1. The number of carbonyl (C=O) groups is 2. The molecule has 0 aliphatic carbocycles. The second-order valence-electron chi connectivity index (χ2n) is 5.16. The van der Waals surface area contributed by atoms with Gasteiger partial charge >= 0.3 is 5.97 Å². The van der Waals surface area contributed by atoms with Gasteiger partial charge in [0.05, 0.1) is 5.69 Å². The van der Waals surface area contributed by atoms with E-state index in [1.807, 2.05) is 24.3 Å². The minimum Gasteiger partial charge on any atom is -0.479 e. The maximum atomic E-state index is 12.4. The minimum absolute atomic E-state index is 0.0565. The van der Waals surface area contributed by atoms with Crippen LogP contribution in [-0.2, 0) is 16.1 Å². The average molecular weight is 313 g/mol. The number of benzene rings is 2. The lowest BCUT2D eigenvalue weighted by Crippen LogP contribution is -2.22. The van der Waals surface area contributed by atoms with Crippen molar-refractivity contribution in [2.45, 2.75) is 26.4 Å². The van der Waals surface area contributed by atoms with Gasteiger partial charge in [0.25, 0.3) is 0 Å². The number of aliphatic carboxylic acids is 1. The zero-order valence-corrected chi connectivity index (χ0v) is 13.1. The number of carbonyl (C=O) groups excluding carboxylic acids is 1. The molecule has 0 fully saturated rings. The fourth-order valence-corrected chi connectivity index (χ4v) is 1.95. The number of aryl methyl sites for hydroxylation is 1. The molecule has 2 N–H and O–H groups in total. The summed E-state index contributed by atoms with van der Waals surface area (Å²) in [5.74, 6) is -1.11. The minimum atomic E-state index is -1.06. The summed E-state index contributed by atoms with van der Waals surface area (Å²) in [5.41, 5.74) is 5.52. The molecule has 5 nitrogen and oxygen atoms in total. The van der Waals surface area contributed by atoms with E-state index in [1.54, 1.807) is 24.3 Å². The van der Waals surface area contributed by atoms with Crippen molar-refractivity contribution in [2.75, 3.05) is 5.48 Å². The van der Waals surface area contributed by atoms with E-state index in [0.29, 0.717) is 16.8 Å². The number of carboxylic acid groups (broad SMARTS) is 1. The molecule has 0 amide bonds. The molecule has 0 saturated carbocycles. The highest BCUT2D eigenvalue weighted by Crippen LogP contribution is 2.15. The normalized spacial score (nSPS) is 11.7. The van der Waals surface area contributed by atoms with Gasteiger partial charge in [-0.05, 0) is 43.2 Å². The van der Waals surface area contributed by atoms with Gasteiger partial charge in [0.15, 0.2) is 11.9 Å². The number of rotatable bonds is 7. The summed E-state index contributed by atoms with van der Waals surface area (Å²) in [7, 11) is 0. The Hall–Kier alpha value is -2.66. The van der Waals surface area contributed by atoms with Crippen LogP contribution in [0.25, 0.3) is 0 Å². The number of nitrogens with one attached hydrogen (secondary N) is 1. The molecule has 1 atom stereocenters. The van der Waals surface area contributed by atoms with E-state index >= 15 is 0 Å². The van der Waals surface area contributed by atoms with Crippen LogP contribution in [0.4, 0.5) is 5.69 Å². The lowest BCUT2D eigenvalue weighted by molar-refractivity contribution is -0.147. The monoisotopic (exact) mass is 313 g/mol. The summed E-state index contributed by atoms with van der Waals surface area (Å²) >= 11 is 0. The third-order valence-corrected chi connectivity index (χ3v) is 3.47. The molecule has 1 unspecified atom stereocenters. The summed E-state index contributed by atoms with van der Waals surface area (Å²) in [5, 5.41) is 8.73. The van der Waals surface area contributed by atoms with Gasteiger partial charge in [-0.15, -0.1) is 0 Å². The second-order valence-corrected chi connectivity index (χ2v) is 5.16. The van der Waals surface area contributed by atoms with Crippen LogP contribution in [0, 0.1) is 0 Å². The molecular weight excluding hydrogens is 294 g/mol. The SMILES string of the molecule is CCc1ccc(C(=O)c2ccc(NOC(C)C(=O)O)cc2)cc1. The Morgan fingerprint density at radius 2 is 1.57 bits per heavy atom. The van der Waals surface area contributed by atoms with Gasteiger partial charge in [-0.25, -0.2) is 4.79 Å². The van der Waals surface area contributed by atoms with Crippen molar-refractivity contribution < 1.29 is 19.5 Å². The molecule has 0 saturated heterocycles. The van der Waals surface area contributed by atoms with Gasteiger partial charge in [-0.2, -0.15) is 0 Å². The van der Waals surface area contributed by atoms with E-state index in [1.165, 1.54) is 12.5 Å². The zero-order chi connectivity index (χ0) is 16.8. The lowest BCUT2D eigenvalue weighted by atomic mass is 10.0. The summed E-state index contributed by atoms with van der Waals surface area (Å²) in [4.78, 5) is 28.0. The third kappa shape index (κ3) is 4.40. The average Bonchev–Trinajstić information content (AvgIpc) is 2.59. The first-order chi connectivity index (χ1) is 11.0. The smallest absolute Gasteiger partial charge is 0.335 e. The van der Waals surface area contributed by atoms with Gasteiger partial charge in [0.1, 0.15) is 0 Å². The van der Waals surface area contributed by atoms with E-state index in [-0.39, 0.29) is 5.78 Å². The summed E-state index contributed by atoms with van der Waals surface area (Å²) in [6, 6.07) is 14.2. The fraction of sp³-hybridized carbons (Fsp3) is 0.222. The molecule has 0 bridgehead atoms. The van der Waals surface area contributed by atoms with Gasteiger partial charge in [-0.1, -0.05) is 31.2 Å². The maximum Gasteiger partial charge on any atom is 0.335 e. The molecule has 0 aromatic heterocycles. The highest BCUT2D eigenvalue weighted by atomic mass is 16.7. The molecule has 2 rings (SSSR count). The molecule has 0 heterocycles. The molecular formula is C18H19NO4. The van der Waals surface area contributed by atoms with Crippen molar-refractivity contribution in [3.8, 4) is 0 Å². The maximum absolute atomic E-state index is 12.4. The summed E-state index contributed by atoms with van der Waals surface area (Å²) < 4.78 is 0. The molecule has 23 heavy (non-hydrogen) atoms. The molecule has 0 radical (unpaired) electrons. The van der Waals surface area contributed by atoms with Crippen LogP contribution in [0.15, 0.2) is 48.5 Å².